The molecule has 0 radical (unpaired) electrons. The summed E-state index contributed by atoms with van der Waals surface area (Å²) >= 11 is 1.60. The largest absolute Gasteiger partial charge is 0.309 e. The van der Waals surface area contributed by atoms with Gasteiger partial charge in [-0.1, -0.05) is 13.8 Å². The number of hydrogen-bond acceptors (Lipinski definition) is 4. The maximum atomic E-state index is 12.8. The van der Waals surface area contributed by atoms with Crippen molar-refractivity contribution in [1.82, 2.24) is 15.3 Å². The number of thioether (sulfide) groups is 1. The molecule has 1 aromatic heterocycles. The van der Waals surface area contributed by atoms with Crippen LogP contribution in [0.2, 0.25) is 0 Å². The van der Waals surface area contributed by atoms with Crippen LogP contribution in [-0.4, -0.2) is 16.0 Å². The van der Waals surface area contributed by atoms with Gasteiger partial charge in [-0.05, 0) is 30.3 Å². The first-order valence-electron chi connectivity index (χ1n) is 6.56. The Kier molecular flexibility index (Phi) is 5.49. The first kappa shape index (κ1) is 14.9. The predicted octanol–water partition coefficient (Wildman–Crippen LogP) is 3.41. The van der Waals surface area contributed by atoms with Crippen LogP contribution in [0.3, 0.4) is 0 Å². The normalized spacial score (nSPS) is 11.0. The lowest BCUT2D eigenvalue weighted by molar-refractivity contribution is 0.579. The van der Waals surface area contributed by atoms with Crippen molar-refractivity contribution in [2.45, 2.75) is 37.1 Å². The molecule has 0 fully saturated rings. The first-order chi connectivity index (χ1) is 9.63. The van der Waals surface area contributed by atoms with E-state index in [1.807, 2.05) is 6.07 Å². The van der Waals surface area contributed by atoms with Gasteiger partial charge in [0, 0.05) is 23.7 Å². The van der Waals surface area contributed by atoms with Gasteiger partial charge in [-0.15, -0.1) is 11.8 Å². The quantitative estimate of drug-likeness (QED) is 0.828. The number of aromatic nitrogens is 2. The molecule has 5 heteroatoms. The number of nitrogens with one attached hydrogen (secondary N) is 1. The summed E-state index contributed by atoms with van der Waals surface area (Å²) in [6.07, 6.45) is 1.78. The highest BCUT2D eigenvalue weighted by Crippen LogP contribution is 2.21. The van der Waals surface area contributed by atoms with Crippen LogP contribution in [0.15, 0.2) is 41.4 Å². The van der Waals surface area contributed by atoms with E-state index in [1.165, 1.54) is 12.1 Å². The molecule has 3 nitrogen and oxygen atoms in total. The van der Waals surface area contributed by atoms with Gasteiger partial charge < -0.3 is 5.32 Å². The van der Waals surface area contributed by atoms with E-state index in [0.29, 0.717) is 11.8 Å². The lowest BCUT2D eigenvalue weighted by Crippen LogP contribution is -2.22. The van der Waals surface area contributed by atoms with Crippen molar-refractivity contribution in [3.63, 3.8) is 0 Å². The first-order valence-corrected chi connectivity index (χ1v) is 7.54. The third kappa shape index (κ3) is 4.90. The van der Waals surface area contributed by atoms with Crippen LogP contribution in [0.25, 0.3) is 0 Å². The van der Waals surface area contributed by atoms with Crippen LogP contribution in [-0.2, 0) is 12.3 Å². The minimum Gasteiger partial charge on any atom is -0.309 e. The zero-order valence-corrected chi connectivity index (χ0v) is 12.5. The van der Waals surface area contributed by atoms with Crippen LogP contribution in [0.1, 0.15) is 25.4 Å². The fraction of sp³-hybridized carbons (Fsp3) is 0.333. The molecule has 0 saturated carbocycles. The number of halogens is 1. The molecule has 0 spiro atoms. The highest BCUT2D eigenvalue weighted by atomic mass is 32.2. The van der Waals surface area contributed by atoms with Gasteiger partial charge >= 0.3 is 0 Å². The molecule has 1 heterocycles. The second-order valence-corrected chi connectivity index (χ2v) is 5.79. The van der Waals surface area contributed by atoms with Crippen molar-refractivity contribution >= 4 is 11.8 Å². The van der Waals surface area contributed by atoms with Gasteiger partial charge in [0.05, 0.1) is 11.4 Å². The molecular formula is C15H18FN3S. The Morgan fingerprint density at radius 2 is 1.95 bits per heavy atom. The molecule has 2 rings (SSSR count). The lowest BCUT2D eigenvalue weighted by atomic mass is 10.3. The average Bonchev–Trinajstić information content (AvgIpc) is 2.45. The number of benzene rings is 1. The molecule has 20 heavy (non-hydrogen) atoms. The molecule has 0 bridgehead atoms. The summed E-state index contributed by atoms with van der Waals surface area (Å²) in [5, 5.41) is 3.33. The summed E-state index contributed by atoms with van der Waals surface area (Å²) in [7, 11) is 0. The van der Waals surface area contributed by atoms with Crippen molar-refractivity contribution in [2.24, 2.45) is 0 Å². The minimum atomic E-state index is -0.215. The van der Waals surface area contributed by atoms with Crippen molar-refractivity contribution in [3.8, 4) is 0 Å². The van der Waals surface area contributed by atoms with Crippen molar-refractivity contribution in [3.05, 3.63) is 53.9 Å². The van der Waals surface area contributed by atoms with Gasteiger partial charge in [0.15, 0.2) is 0 Å². The van der Waals surface area contributed by atoms with E-state index >= 15 is 0 Å². The van der Waals surface area contributed by atoms with E-state index in [9.17, 15) is 4.39 Å². The molecule has 0 aliphatic carbocycles. The molecule has 0 unspecified atom stereocenters. The monoisotopic (exact) mass is 291 g/mol. The summed E-state index contributed by atoms with van der Waals surface area (Å²) < 4.78 is 12.8. The van der Waals surface area contributed by atoms with E-state index in [4.69, 9.17) is 0 Å². The fourth-order valence-electron chi connectivity index (χ4n) is 1.60. The second kappa shape index (κ2) is 7.36. The summed E-state index contributed by atoms with van der Waals surface area (Å²) in [6.45, 7) is 4.95. The molecule has 0 amide bonds. The van der Waals surface area contributed by atoms with E-state index in [2.05, 4.69) is 29.1 Å². The van der Waals surface area contributed by atoms with Crippen molar-refractivity contribution < 1.29 is 4.39 Å². The SMILES string of the molecule is CC(C)NCc1ccnc(CSc2ccc(F)cc2)n1. The van der Waals surface area contributed by atoms with Crippen LogP contribution in [0, 0.1) is 5.82 Å². The van der Waals surface area contributed by atoms with Crippen molar-refractivity contribution in [2.75, 3.05) is 0 Å². The molecule has 1 N–H and O–H groups in total. The third-order valence-electron chi connectivity index (χ3n) is 2.64. The summed E-state index contributed by atoms with van der Waals surface area (Å²) in [4.78, 5) is 9.79. The van der Waals surface area contributed by atoms with Gasteiger partial charge in [-0.2, -0.15) is 0 Å². The van der Waals surface area contributed by atoms with Gasteiger partial charge in [-0.25, -0.2) is 14.4 Å². The molecule has 106 valence electrons. The zero-order valence-electron chi connectivity index (χ0n) is 11.6. The topological polar surface area (TPSA) is 37.8 Å². The number of hydrogen-bond donors (Lipinski definition) is 1. The smallest absolute Gasteiger partial charge is 0.138 e. The Morgan fingerprint density at radius 3 is 2.65 bits per heavy atom. The maximum absolute atomic E-state index is 12.8. The highest BCUT2D eigenvalue weighted by molar-refractivity contribution is 7.98. The van der Waals surface area contributed by atoms with Crippen LogP contribution in [0.5, 0.6) is 0 Å². The molecule has 2 aromatic rings. The highest BCUT2D eigenvalue weighted by Gasteiger charge is 2.02. The van der Waals surface area contributed by atoms with Crippen LogP contribution in [0.4, 0.5) is 4.39 Å². The molecule has 0 aliphatic rings. The summed E-state index contributed by atoms with van der Waals surface area (Å²) in [5.41, 5.74) is 0.989. The van der Waals surface area contributed by atoms with E-state index in [-0.39, 0.29) is 5.82 Å². The number of rotatable bonds is 6. The van der Waals surface area contributed by atoms with E-state index < -0.39 is 0 Å². The molecule has 0 aliphatic heterocycles. The summed E-state index contributed by atoms with van der Waals surface area (Å²) in [6, 6.07) is 8.82. The minimum absolute atomic E-state index is 0.215. The van der Waals surface area contributed by atoms with Gasteiger partial charge in [-0.3, -0.25) is 0 Å². The molecule has 1 aromatic carbocycles. The maximum Gasteiger partial charge on any atom is 0.138 e. The third-order valence-corrected chi connectivity index (χ3v) is 3.64. The Balaban J connectivity index is 1.92. The lowest BCUT2D eigenvalue weighted by Gasteiger charge is -2.08. The average molecular weight is 291 g/mol. The second-order valence-electron chi connectivity index (χ2n) is 4.74. The molecular weight excluding hydrogens is 273 g/mol. The Morgan fingerprint density at radius 1 is 1.20 bits per heavy atom. The molecule has 0 atom stereocenters. The van der Waals surface area contributed by atoms with Gasteiger partial charge in [0.2, 0.25) is 0 Å². The number of nitrogens with zero attached hydrogens (tertiary/aromatic N) is 2. The Bertz CT molecular complexity index is 543. The van der Waals surface area contributed by atoms with E-state index in [0.717, 1.165) is 23.0 Å². The Hall–Kier alpha value is -1.46. The predicted molar refractivity (Wildman–Crippen MR) is 80.0 cm³/mol. The summed E-state index contributed by atoms with van der Waals surface area (Å²) in [5.74, 6) is 1.26. The van der Waals surface area contributed by atoms with Crippen LogP contribution < -0.4 is 5.32 Å². The fourth-order valence-corrected chi connectivity index (χ4v) is 2.36. The Labute approximate surface area is 123 Å². The molecule has 0 saturated heterocycles. The zero-order chi connectivity index (χ0) is 14.4. The van der Waals surface area contributed by atoms with Gasteiger partial charge in [0.1, 0.15) is 11.6 Å². The standard InChI is InChI=1S/C15H18FN3S/c1-11(2)18-9-13-7-8-17-15(19-13)10-20-14-5-3-12(16)4-6-14/h3-8,11,18H,9-10H2,1-2H3. The van der Waals surface area contributed by atoms with Crippen LogP contribution >= 0.6 is 11.8 Å². The van der Waals surface area contributed by atoms with E-state index in [1.54, 1.807) is 30.1 Å². The van der Waals surface area contributed by atoms with Crippen molar-refractivity contribution in [1.29, 1.82) is 0 Å². The van der Waals surface area contributed by atoms with Gasteiger partial charge in [0.25, 0.3) is 0 Å².